The molecule has 34 heavy (non-hydrogen) atoms. The molecule has 0 unspecified atom stereocenters. The van der Waals surface area contributed by atoms with Crippen LogP contribution in [0.4, 0.5) is 0 Å². The predicted octanol–water partition coefficient (Wildman–Crippen LogP) is 3.21. The van der Waals surface area contributed by atoms with E-state index in [1.165, 1.54) is 0 Å². The zero-order valence-electron chi connectivity index (χ0n) is 20.0. The average molecular weight is 466 g/mol. The molecule has 2 amide bonds. The summed E-state index contributed by atoms with van der Waals surface area (Å²) in [5.41, 5.74) is 3.23. The summed E-state index contributed by atoms with van der Waals surface area (Å²) >= 11 is 0. The second-order valence-electron chi connectivity index (χ2n) is 9.86. The van der Waals surface area contributed by atoms with Crippen LogP contribution in [-0.2, 0) is 10.4 Å². The van der Waals surface area contributed by atoms with Crippen molar-refractivity contribution in [1.82, 2.24) is 15.6 Å². The third-order valence-corrected chi connectivity index (χ3v) is 7.51. The second kappa shape index (κ2) is 10.2. The van der Waals surface area contributed by atoms with Crippen LogP contribution in [0.15, 0.2) is 36.5 Å². The van der Waals surface area contributed by atoms with Crippen LogP contribution < -0.4 is 10.6 Å². The minimum Gasteiger partial charge on any atom is -0.393 e. The highest BCUT2D eigenvalue weighted by atomic mass is 16.3. The van der Waals surface area contributed by atoms with Gasteiger partial charge in [-0.1, -0.05) is 24.3 Å². The lowest BCUT2D eigenvalue weighted by Crippen LogP contribution is -2.44. The molecule has 7 heteroatoms. The Bertz CT molecular complexity index is 1020. The topological polar surface area (TPSA) is 112 Å². The molecule has 0 saturated heterocycles. The van der Waals surface area contributed by atoms with Gasteiger partial charge >= 0.3 is 0 Å². The van der Waals surface area contributed by atoms with Crippen LogP contribution in [-0.4, -0.2) is 46.2 Å². The highest BCUT2D eigenvalue weighted by Gasteiger charge is 2.38. The van der Waals surface area contributed by atoms with Gasteiger partial charge in [0.25, 0.3) is 5.91 Å². The molecular formula is C27H35N3O4. The van der Waals surface area contributed by atoms with Gasteiger partial charge < -0.3 is 20.8 Å². The number of pyridine rings is 1. The lowest BCUT2D eigenvalue weighted by molar-refractivity contribution is -0.129. The summed E-state index contributed by atoms with van der Waals surface area (Å²) in [6.45, 7) is 2.00. The number of carbonyl (C=O) groups is 2. The predicted molar refractivity (Wildman–Crippen MR) is 130 cm³/mol. The minimum atomic E-state index is -0.935. The van der Waals surface area contributed by atoms with Crippen LogP contribution in [0.3, 0.4) is 0 Å². The maximum Gasteiger partial charge on any atom is 0.269 e. The van der Waals surface area contributed by atoms with E-state index in [0.29, 0.717) is 31.4 Å². The maximum atomic E-state index is 12.8. The highest BCUT2D eigenvalue weighted by molar-refractivity contribution is 5.92. The zero-order valence-corrected chi connectivity index (χ0v) is 20.0. The normalized spacial score (nSPS) is 27.1. The molecule has 0 aliphatic heterocycles. The Kier molecular flexibility index (Phi) is 7.33. The lowest BCUT2D eigenvalue weighted by Gasteiger charge is -2.37. The molecule has 182 valence electrons. The second-order valence-corrected chi connectivity index (χ2v) is 9.86. The molecule has 4 N–H and O–H groups in total. The van der Waals surface area contributed by atoms with Crippen molar-refractivity contribution >= 4 is 11.8 Å². The van der Waals surface area contributed by atoms with Gasteiger partial charge in [0.15, 0.2) is 0 Å². The van der Waals surface area contributed by atoms with Crippen LogP contribution >= 0.6 is 0 Å². The highest BCUT2D eigenvalue weighted by Crippen LogP contribution is 2.41. The van der Waals surface area contributed by atoms with Crippen molar-refractivity contribution in [2.45, 2.75) is 76.0 Å². The molecular weight excluding hydrogens is 430 g/mol. The van der Waals surface area contributed by atoms with Gasteiger partial charge in [-0.2, -0.15) is 0 Å². The number of rotatable bonds is 5. The first-order chi connectivity index (χ1) is 16.3. The number of aryl methyl sites for hydroxylation is 1. The van der Waals surface area contributed by atoms with Gasteiger partial charge in [0.05, 0.1) is 11.7 Å². The van der Waals surface area contributed by atoms with Gasteiger partial charge in [-0.05, 0) is 81.0 Å². The van der Waals surface area contributed by atoms with Crippen molar-refractivity contribution in [3.8, 4) is 11.1 Å². The van der Waals surface area contributed by atoms with E-state index in [9.17, 15) is 19.8 Å². The fourth-order valence-electron chi connectivity index (χ4n) is 5.36. The average Bonchev–Trinajstić information content (AvgIpc) is 2.85. The Hall–Kier alpha value is -2.77. The summed E-state index contributed by atoms with van der Waals surface area (Å²) in [6, 6.07) is 9.73. The largest absolute Gasteiger partial charge is 0.393 e. The number of aromatic nitrogens is 1. The number of carbonyl (C=O) groups excluding carboxylic acids is 2. The number of amides is 2. The molecule has 0 atom stereocenters. The van der Waals surface area contributed by atoms with Crippen molar-refractivity contribution in [3.63, 3.8) is 0 Å². The molecule has 1 aromatic carbocycles. The Labute approximate surface area is 201 Å². The summed E-state index contributed by atoms with van der Waals surface area (Å²) < 4.78 is 0. The third-order valence-electron chi connectivity index (χ3n) is 7.51. The van der Waals surface area contributed by atoms with Crippen molar-refractivity contribution in [2.24, 2.45) is 5.92 Å². The van der Waals surface area contributed by atoms with Crippen LogP contribution in [0.1, 0.15) is 73.0 Å². The number of nitrogens with one attached hydrogen (secondary N) is 2. The monoisotopic (exact) mass is 465 g/mol. The SMILES string of the molecule is CNC(=O)c1ccc(-c2ccc(C3(O)CCC(C(=O)NC4CCC(O)CC4)CC3)c(C)c2)cn1. The van der Waals surface area contributed by atoms with E-state index in [0.717, 1.165) is 47.9 Å². The zero-order chi connectivity index (χ0) is 24.3. The molecule has 2 saturated carbocycles. The molecule has 4 rings (SSSR count). The first kappa shape index (κ1) is 24.4. The third kappa shape index (κ3) is 5.31. The molecule has 7 nitrogen and oxygen atoms in total. The van der Waals surface area contributed by atoms with Crippen LogP contribution in [0.5, 0.6) is 0 Å². The van der Waals surface area contributed by atoms with E-state index in [1.54, 1.807) is 19.3 Å². The van der Waals surface area contributed by atoms with Crippen LogP contribution in [0.2, 0.25) is 0 Å². The summed E-state index contributed by atoms with van der Waals surface area (Å²) in [5, 5.41) is 26.8. The molecule has 2 aromatic rings. The number of nitrogens with zero attached hydrogens (tertiary/aromatic N) is 1. The van der Waals surface area contributed by atoms with E-state index in [1.807, 2.05) is 31.2 Å². The quantitative estimate of drug-likeness (QED) is 0.542. The molecule has 0 spiro atoms. The minimum absolute atomic E-state index is 0.0726. The Balaban J connectivity index is 1.39. The van der Waals surface area contributed by atoms with Crippen molar-refractivity contribution in [2.75, 3.05) is 7.05 Å². The van der Waals surface area contributed by atoms with E-state index >= 15 is 0 Å². The smallest absolute Gasteiger partial charge is 0.269 e. The van der Waals surface area contributed by atoms with Crippen molar-refractivity contribution in [3.05, 3.63) is 53.3 Å². The Morgan fingerprint density at radius 1 is 1.00 bits per heavy atom. The van der Waals surface area contributed by atoms with Crippen molar-refractivity contribution in [1.29, 1.82) is 0 Å². The molecule has 2 aliphatic carbocycles. The van der Waals surface area contributed by atoms with E-state index in [4.69, 9.17) is 0 Å². The number of hydrogen-bond acceptors (Lipinski definition) is 5. The summed E-state index contributed by atoms with van der Waals surface area (Å²) in [7, 11) is 1.58. The fourth-order valence-corrected chi connectivity index (χ4v) is 5.36. The number of hydrogen-bond donors (Lipinski definition) is 4. The molecule has 0 radical (unpaired) electrons. The van der Waals surface area contributed by atoms with E-state index in [-0.39, 0.29) is 29.9 Å². The molecule has 2 fully saturated rings. The summed E-state index contributed by atoms with van der Waals surface area (Å²) in [4.78, 5) is 28.7. The van der Waals surface area contributed by atoms with Gasteiger partial charge in [-0.25, -0.2) is 0 Å². The maximum absolute atomic E-state index is 12.8. The number of aliphatic hydroxyl groups excluding tert-OH is 1. The van der Waals surface area contributed by atoms with E-state index < -0.39 is 5.60 Å². The first-order valence-electron chi connectivity index (χ1n) is 12.3. The van der Waals surface area contributed by atoms with Crippen LogP contribution in [0.25, 0.3) is 11.1 Å². The van der Waals surface area contributed by atoms with Gasteiger partial charge in [0.1, 0.15) is 5.69 Å². The fraction of sp³-hybridized carbons (Fsp3) is 0.519. The van der Waals surface area contributed by atoms with Gasteiger partial charge in [-0.3, -0.25) is 14.6 Å². The standard InChI is InChI=1S/C27H35N3O4/c1-17-15-19(20-4-10-24(29-16-20)26(33)28-2)3-9-23(17)27(34)13-11-18(12-14-27)25(32)30-21-5-7-22(31)8-6-21/h3-4,9-10,15-16,18,21-22,31,34H,5-8,11-14H2,1-2H3,(H,28,33)(H,30,32). The number of aliphatic hydroxyl groups is 2. The van der Waals surface area contributed by atoms with Crippen molar-refractivity contribution < 1.29 is 19.8 Å². The lowest BCUT2D eigenvalue weighted by atomic mass is 9.73. The molecule has 1 heterocycles. The first-order valence-corrected chi connectivity index (χ1v) is 12.3. The molecule has 2 aliphatic rings. The Morgan fingerprint density at radius 2 is 1.68 bits per heavy atom. The van der Waals surface area contributed by atoms with Gasteiger partial charge in [0.2, 0.25) is 5.91 Å². The Morgan fingerprint density at radius 3 is 2.26 bits per heavy atom. The summed E-state index contributed by atoms with van der Waals surface area (Å²) in [5.74, 6) is -0.207. The van der Waals surface area contributed by atoms with Crippen LogP contribution in [0, 0.1) is 12.8 Å². The summed E-state index contributed by atoms with van der Waals surface area (Å²) in [6.07, 6.45) is 7.04. The number of benzene rings is 1. The molecule has 1 aromatic heterocycles. The van der Waals surface area contributed by atoms with Gasteiger partial charge in [0, 0.05) is 30.8 Å². The van der Waals surface area contributed by atoms with E-state index in [2.05, 4.69) is 15.6 Å². The van der Waals surface area contributed by atoms with Gasteiger partial charge in [-0.15, -0.1) is 0 Å². The molecule has 0 bridgehead atoms.